The monoisotopic (exact) mass is 316 g/mol. The average Bonchev–Trinajstić information content (AvgIpc) is 2.54. The number of fused-ring (bicyclic) bond motifs is 2. The lowest BCUT2D eigenvalue weighted by Gasteiger charge is -2.41. The molecule has 1 aliphatic heterocycles. The molecule has 0 bridgehead atoms. The number of hydrogen-bond acceptors (Lipinski definition) is 5. The summed E-state index contributed by atoms with van der Waals surface area (Å²) < 4.78 is 5.11. The lowest BCUT2D eigenvalue weighted by Crippen LogP contribution is -2.48. The molecule has 23 heavy (non-hydrogen) atoms. The summed E-state index contributed by atoms with van der Waals surface area (Å²) in [5.41, 5.74) is 8.21. The average molecular weight is 316 g/mol. The highest BCUT2D eigenvalue weighted by atomic mass is 16.5. The van der Waals surface area contributed by atoms with Gasteiger partial charge >= 0.3 is 0 Å². The molecule has 3 unspecified atom stereocenters. The number of methoxy groups -OCH3 is 1. The summed E-state index contributed by atoms with van der Waals surface area (Å²) in [7, 11) is 1.67. The van der Waals surface area contributed by atoms with Crippen molar-refractivity contribution in [2.24, 2.45) is 17.6 Å². The predicted molar refractivity (Wildman–Crippen MR) is 88.4 cm³/mol. The number of hydrogen-bond donors (Lipinski definition) is 2. The highest BCUT2D eigenvalue weighted by Gasteiger charge is 2.44. The van der Waals surface area contributed by atoms with Gasteiger partial charge in [0.25, 0.3) is 0 Å². The lowest BCUT2D eigenvalue weighted by molar-refractivity contribution is -0.122. The van der Waals surface area contributed by atoms with E-state index in [1.165, 1.54) is 0 Å². The summed E-state index contributed by atoms with van der Waals surface area (Å²) in [6, 6.07) is 5.65. The van der Waals surface area contributed by atoms with Gasteiger partial charge in [0.05, 0.1) is 0 Å². The zero-order valence-electron chi connectivity index (χ0n) is 13.5. The molecule has 0 radical (unpaired) electrons. The molecule has 2 aliphatic rings. The summed E-state index contributed by atoms with van der Waals surface area (Å²) >= 11 is 0. The van der Waals surface area contributed by atoms with Crippen LogP contribution in [0.15, 0.2) is 18.2 Å². The van der Waals surface area contributed by atoms with Crippen LogP contribution in [0.5, 0.6) is 0 Å². The molecule has 1 aromatic rings. The number of rotatable bonds is 5. The standard InChI is InChI=1S/C18H24N2O3/c1-23-6-2-3-12-8-13(21)9-16-17(12)18(22)14-7-11(10-19)4-5-15(14)20-16/h4-5,7,12,16-17,20H,2-3,6,8-10,19H2,1H3. The first-order valence-electron chi connectivity index (χ1n) is 8.28. The van der Waals surface area contributed by atoms with Crippen molar-refractivity contribution in [3.63, 3.8) is 0 Å². The fraction of sp³-hybridized carbons (Fsp3) is 0.556. The van der Waals surface area contributed by atoms with Gasteiger partial charge in [0.2, 0.25) is 0 Å². The SMILES string of the molecule is COCCCC1CC(=O)CC2Nc3ccc(CN)cc3C(=O)C12. The van der Waals surface area contributed by atoms with Gasteiger partial charge in [0.1, 0.15) is 5.78 Å². The Kier molecular flexibility index (Phi) is 4.78. The number of anilines is 1. The fourth-order valence-electron chi connectivity index (χ4n) is 3.94. The molecule has 1 aliphatic carbocycles. The first-order valence-corrected chi connectivity index (χ1v) is 8.28. The van der Waals surface area contributed by atoms with Crippen LogP contribution in [0.25, 0.3) is 0 Å². The third-order valence-corrected chi connectivity index (χ3v) is 5.03. The second kappa shape index (κ2) is 6.81. The van der Waals surface area contributed by atoms with E-state index in [1.807, 2.05) is 18.2 Å². The summed E-state index contributed by atoms with van der Waals surface area (Å²) in [6.45, 7) is 1.09. The number of nitrogens with two attached hydrogens (primary N) is 1. The molecule has 0 spiro atoms. The van der Waals surface area contributed by atoms with Gasteiger partial charge in [-0.15, -0.1) is 0 Å². The Hall–Kier alpha value is -1.72. The molecule has 1 heterocycles. The van der Waals surface area contributed by atoms with Crippen LogP contribution in [0.2, 0.25) is 0 Å². The maximum absolute atomic E-state index is 13.0. The Morgan fingerprint density at radius 3 is 2.87 bits per heavy atom. The summed E-state index contributed by atoms with van der Waals surface area (Å²) in [5.74, 6) is 0.390. The lowest BCUT2D eigenvalue weighted by atomic mass is 9.68. The van der Waals surface area contributed by atoms with Crippen LogP contribution in [0, 0.1) is 11.8 Å². The van der Waals surface area contributed by atoms with Gasteiger partial charge in [-0.2, -0.15) is 0 Å². The van der Waals surface area contributed by atoms with E-state index in [0.717, 1.165) is 29.7 Å². The molecular weight excluding hydrogens is 292 g/mol. The van der Waals surface area contributed by atoms with Crippen molar-refractivity contribution >= 4 is 17.3 Å². The van der Waals surface area contributed by atoms with E-state index >= 15 is 0 Å². The number of nitrogens with one attached hydrogen (secondary N) is 1. The molecule has 124 valence electrons. The minimum atomic E-state index is -0.120. The topological polar surface area (TPSA) is 81.4 Å². The Morgan fingerprint density at radius 2 is 2.13 bits per heavy atom. The maximum Gasteiger partial charge on any atom is 0.170 e. The zero-order chi connectivity index (χ0) is 16.4. The third kappa shape index (κ3) is 3.16. The van der Waals surface area contributed by atoms with Crippen molar-refractivity contribution in [3.05, 3.63) is 29.3 Å². The van der Waals surface area contributed by atoms with E-state index in [-0.39, 0.29) is 29.4 Å². The normalized spacial score (nSPS) is 26.4. The van der Waals surface area contributed by atoms with Crippen LogP contribution >= 0.6 is 0 Å². The first kappa shape index (κ1) is 16.1. The van der Waals surface area contributed by atoms with Crippen LogP contribution in [0.4, 0.5) is 5.69 Å². The van der Waals surface area contributed by atoms with Gasteiger partial charge in [-0.3, -0.25) is 9.59 Å². The Bertz CT molecular complexity index is 614. The van der Waals surface area contributed by atoms with Crippen LogP contribution in [-0.2, 0) is 16.1 Å². The highest BCUT2D eigenvalue weighted by molar-refractivity contribution is 6.06. The van der Waals surface area contributed by atoms with Crippen molar-refractivity contribution < 1.29 is 14.3 Å². The molecule has 1 fully saturated rings. The quantitative estimate of drug-likeness (QED) is 0.813. The van der Waals surface area contributed by atoms with Gasteiger partial charge in [0.15, 0.2) is 5.78 Å². The van der Waals surface area contributed by atoms with Crippen LogP contribution in [0.1, 0.15) is 41.6 Å². The molecule has 3 rings (SSSR count). The number of ether oxygens (including phenoxy) is 1. The number of benzene rings is 1. The third-order valence-electron chi connectivity index (χ3n) is 5.03. The second-order valence-electron chi connectivity index (χ2n) is 6.57. The molecular formula is C18H24N2O3. The van der Waals surface area contributed by atoms with E-state index in [2.05, 4.69) is 5.32 Å². The zero-order valence-corrected chi connectivity index (χ0v) is 13.5. The minimum absolute atomic E-state index is 0.0764. The molecule has 1 aromatic carbocycles. The molecule has 5 heteroatoms. The Morgan fingerprint density at radius 1 is 1.30 bits per heavy atom. The second-order valence-corrected chi connectivity index (χ2v) is 6.57. The van der Waals surface area contributed by atoms with Crippen molar-refractivity contribution in [1.82, 2.24) is 0 Å². The van der Waals surface area contributed by atoms with Crippen molar-refractivity contribution in [3.8, 4) is 0 Å². The molecule has 3 atom stereocenters. The van der Waals surface area contributed by atoms with Crippen LogP contribution in [-0.4, -0.2) is 31.3 Å². The Labute approximate surface area is 136 Å². The number of Topliss-reactive ketones (excluding diaryl/α,β-unsaturated/α-hetero) is 2. The van der Waals surface area contributed by atoms with Gasteiger partial charge in [0, 0.05) is 56.3 Å². The van der Waals surface area contributed by atoms with E-state index in [9.17, 15) is 9.59 Å². The van der Waals surface area contributed by atoms with Crippen molar-refractivity contribution in [2.45, 2.75) is 38.3 Å². The molecule has 0 amide bonds. The van der Waals surface area contributed by atoms with Gasteiger partial charge < -0.3 is 15.8 Å². The minimum Gasteiger partial charge on any atom is -0.385 e. The molecule has 5 nitrogen and oxygen atoms in total. The summed E-state index contributed by atoms with van der Waals surface area (Å²) in [6.07, 6.45) is 2.67. The van der Waals surface area contributed by atoms with Crippen molar-refractivity contribution in [1.29, 1.82) is 0 Å². The van der Waals surface area contributed by atoms with E-state index in [1.54, 1.807) is 7.11 Å². The van der Waals surface area contributed by atoms with E-state index in [0.29, 0.717) is 26.0 Å². The molecule has 1 saturated carbocycles. The van der Waals surface area contributed by atoms with Crippen LogP contribution < -0.4 is 11.1 Å². The van der Waals surface area contributed by atoms with Crippen molar-refractivity contribution in [2.75, 3.05) is 19.0 Å². The maximum atomic E-state index is 13.0. The largest absolute Gasteiger partial charge is 0.385 e. The number of carbonyl (C=O) groups is 2. The fourth-order valence-corrected chi connectivity index (χ4v) is 3.94. The number of carbonyl (C=O) groups excluding carboxylic acids is 2. The summed E-state index contributed by atoms with van der Waals surface area (Å²) in [5, 5.41) is 3.42. The Balaban J connectivity index is 1.88. The van der Waals surface area contributed by atoms with Gasteiger partial charge in [-0.25, -0.2) is 0 Å². The summed E-state index contributed by atoms with van der Waals surface area (Å²) in [4.78, 5) is 25.1. The van der Waals surface area contributed by atoms with E-state index < -0.39 is 0 Å². The predicted octanol–water partition coefficient (Wildman–Crippen LogP) is 2.14. The van der Waals surface area contributed by atoms with Crippen LogP contribution in [0.3, 0.4) is 0 Å². The molecule has 0 saturated heterocycles. The number of ketones is 2. The molecule has 3 N–H and O–H groups in total. The first-order chi connectivity index (χ1) is 11.1. The van der Waals surface area contributed by atoms with Gasteiger partial charge in [-0.1, -0.05) is 6.07 Å². The highest BCUT2D eigenvalue weighted by Crippen LogP contribution is 2.40. The smallest absolute Gasteiger partial charge is 0.170 e. The van der Waals surface area contributed by atoms with Gasteiger partial charge in [-0.05, 0) is 36.5 Å². The molecule has 0 aromatic heterocycles. The van der Waals surface area contributed by atoms with E-state index in [4.69, 9.17) is 10.5 Å².